The van der Waals surface area contributed by atoms with Crippen LogP contribution in [-0.2, 0) is 11.3 Å². The van der Waals surface area contributed by atoms with E-state index in [9.17, 15) is 9.59 Å². The predicted octanol–water partition coefficient (Wildman–Crippen LogP) is 2.45. The van der Waals surface area contributed by atoms with Crippen molar-refractivity contribution in [3.05, 3.63) is 34.3 Å². The fraction of sp³-hybridized carbons (Fsp3) is 0.429. The van der Waals surface area contributed by atoms with Crippen LogP contribution in [0.2, 0.25) is 0 Å². The summed E-state index contributed by atoms with van der Waals surface area (Å²) in [5.74, 6) is -1.30. The Hall–Kier alpha value is -1.56. The van der Waals surface area contributed by atoms with Gasteiger partial charge in [-0.15, -0.1) is 0 Å². The first-order valence-electron chi connectivity index (χ1n) is 6.51. The van der Waals surface area contributed by atoms with E-state index in [1.54, 1.807) is 11.8 Å². The molecule has 108 valence electrons. The number of hydrogen-bond donors (Lipinski definition) is 2. The minimum absolute atomic E-state index is 0.211. The molecule has 1 aromatic carbocycles. The molecule has 0 aliphatic carbocycles. The molecule has 0 saturated carbocycles. The van der Waals surface area contributed by atoms with Crippen LogP contribution in [-0.4, -0.2) is 34.6 Å². The molecule has 2 atom stereocenters. The van der Waals surface area contributed by atoms with Gasteiger partial charge in [0.25, 0.3) is 0 Å². The van der Waals surface area contributed by atoms with Gasteiger partial charge in [-0.1, -0.05) is 34.1 Å². The van der Waals surface area contributed by atoms with Gasteiger partial charge in [0, 0.05) is 23.6 Å². The summed E-state index contributed by atoms with van der Waals surface area (Å²) in [5.41, 5.74) is 0.988. The summed E-state index contributed by atoms with van der Waals surface area (Å²) < 4.78 is 0.943. The second kappa shape index (κ2) is 6.26. The van der Waals surface area contributed by atoms with E-state index in [0.717, 1.165) is 10.0 Å². The third kappa shape index (κ3) is 3.12. The maximum atomic E-state index is 12.1. The fourth-order valence-electron chi connectivity index (χ4n) is 2.47. The van der Waals surface area contributed by atoms with Crippen molar-refractivity contribution in [3.8, 4) is 0 Å². The highest BCUT2D eigenvalue weighted by molar-refractivity contribution is 9.10. The number of hydrogen-bond acceptors (Lipinski definition) is 2. The molecule has 0 spiro atoms. The number of aliphatic carboxylic acids is 1. The van der Waals surface area contributed by atoms with Crippen molar-refractivity contribution in [2.45, 2.75) is 25.9 Å². The molecule has 2 unspecified atom stereocenters. The molecule has 5 nitrogen and oxygen atoms in total. The minimum atomic E-state index is -0.835. The first-order chi connectivity index (χ1) is 9.50. The van der Waals surface area contributed by atoms with Crippen molar-refractivity contribution in [2.24, 2.45) is 5.92 Å². The number of nitrogens with one attached hydrogen (secondary N) is 1. The summed E-state index contributed by atoms with van der Waals surface area (Å²) in [5, 5.41) is 11.9. The number of amides is 2. The van der Waals surface area contributed by atoms with Crippen molar-refractivity contribution >= 4 is 27.9 Å². The highest BCUT2D eigenvalue weighted by atomic mass is 79.9. The van der Waals surface area contributed by atoms with Crippen LogP contribution < -0.4 is 5.32 Å². The third-order valence-electron chi connectivity index (χ3n) is 3.72. The van der Waals surface area contributed by atoms with Crippen molar-refractivity contribution in [3.63, 3.8) is 0 Å². The van der Waals surface area contributed by atoms with E-state index in [2.05, 4.69) is 21.2 Å². The molecule has 6 heteroatoms. The summed E-state index contributed by atoms with van der Waals surface area (Å²) in [6.07, 6.45) is 0.513. The number of halogens is 1. The zero-order valence-electron chi connectivity index (χ0n) is 11.2. The second-order valence-corrected chi connectivity index (χ2v) is 5.77. The third-order valence-corrected chi connectivity index (χ3v) is 4.49. The monoisotopic (exact) mass is 340 g/mol. The number of rotatable bonds is 3. The predicted molar refractivity (Wildman–Crippen MR) is 78.3 cm³/mol. The molecule has 2 N–H and O–H groups in total. The Morgan fingerprint density at radius 3 is 2.75 bits per heavy atom. The van der Waals surface area contributed by atoms with Crippen LogP contribution in [0.5, 0.6) is 0 Å². The van der Waals surface area contributed by atoms with Crippen LogP contribution >= 0.6 is 15.9 Å². The summed E-state index contributed by atoms with van der Waals surface area (Å²) in [6.45, 7) is 2.69. The maximum absolute atomic E-state index is 12.1. The molecule has 1 heterocycles. The molecule has 1 aromatic rings. The van der Waals surface area contributed by atoms with Gasteiger partial charge in [-0.25, -0.2) is 4.79 Å². The molecule has 0 aromatic heterocycles. The largest absolute Gasteiger partial charge is 0.481 e. The first-order valence-corrected chi connectivity index (χ1v) is 7.30. The van der Waals surface area contributed by atoms with Crippen LogP contribution in [0.4, 0.5) is 4.79 Å². The number of likely N-dealkylation sites (tertiary alicyclic amines) is 1. The number of benzene rings is 1. The Morgan fingerprint density at radius 1 is 1.45 bits per heavy atom. The summed E-state index contributed by atoms with van der Waals surface area (Å²) in [7, 11) is 0. The smallest absolute Gasteiger partial charge is 0.317 e. The van der Waals surface area contributed by atoms with Crippen molar-refractivity contribution in [1.29, 1.82) is 0 Å². The van der Waals surface area contributed by atoms with E-state index in [4.69, 9.17) is 5.11 Å². The Balaban J connectivity index is 1.93. The molecular weight excluding hydrogens is 324 g/mol. The lowest BCUT2D eigenvalue weighted by molar-refractivity contribution is -0.142. The van der Waals surface area contributed by atoms with E-state index in [-0.39, 0.29) is 12.1 Å². The van der Waals surface area contributed by atoms with Gasteiger partial charge in [0.2, 0.25) is 0 Å². The molecule has 20 heavy (non-hydrogen) atoms. The van der Waals surface area contributed by atoms with Gasteiger partial charge < -0.3 is 15.3 Å². The van der Waals surface area contributed by atoms with Crippen LogP contribution in [0, 0.1) is 5.92 Å². The van der Waals surface area contributed by atoms with Gasteiger partial charge in [-0.05, 0) is 25.0 Å². The Kier molecular flexibility index (Phi) is 4.65. The number of carboxylic acids is 1. The SMILES string of the molecule is CC1C(C(=O)O)CCN1C(=O)NCc1ccccc1Br. The Bertz CT molecular complexity index is 521. The second-order valence-electron chi connectivity index (χ2n) is 4.92. The average molecular weight is 341 g/mol. The highest BCUT2D eigenvalue weighted by Gasteiger charge is 2.37. The molecule has 1 aliphatic rings. The first kappa shape index (κ1) is 14.8. The lowest BCUT2D eigenvalue weighted by Gasteiger charge is -2.23. The van der Waals surface area contributed by atoms with E-state index in [1.807, 2.05) is 24.3 Å². The minimum Gasteiger partial charge on any atom is -0.481 e. The lowest BCUT2D eigenvalue weighted by Crippen LogP contribution is -2.43. The number of carboxylic acid groups (broad SMARTS) is 1. The molecule has 0 radical (unpaired) electrons. The van der Waals surface area contributed by atoms with Gasteiger partial charge in [0.05, 0.1) is 5.92 Å². The summed E-state index contributed by atoms with van der Waals surface area (Å²) in [4.78, 5) is 24.7. The van der Waals surface area contributed by atoms with Crippen molar-refractivity contribution in [2.75, 3.05) is 6.54 Å². The molecule has 0 bridgehead atoms. The number of carbonyl (C=O) groups is 2. The molecule has 2 amide bonds. The highest BCUT2D eigenvalue weighted by Crippen LogP contribution is 2.24. The van der Waals surface area contributed by atoms with Gasteiger partial charge in [0.15, 0.2) is 0 Å². The average Bonchev–Trinajstić information content (AvgIpc) is 2.79. The Morgan fingerprint density at radius 2 is 2.15 bits per heavy atom. The number of carbonyl (C=O) groups excluding carboxylic acids is 1. The topological polar surface area (TPSA) is 69.6 Å². The van der Waals surface area contributed by atoms with Crippen LogP contribution in [0.1, 0.15) is 18.9 Å². The standard InChI is InChI=1S/C14H17BrN2O3/c1-9-11(13(18)19)6-7-17(9)14(20)16-8-10-4-2-3-5-12(10)15/h2-5,9,11H,6-8H2,1H3,(H,16,20)(H,18,19). The van der Waals surface area contributed by atoms with E-state index >= 15 is 0 Å². The zero-order valence-corrected chi connectivity index (χ0v) is 12.8. The summed E-state index contributed by atoms with van der Waals surface area (Å²) >= 11 is 3.43. The van der Waals surface area contributed by atoms with Crippen LogP contribution in [0.15, 0.2) is 28.7 Å². The quantitative estimate of drug-likeness (QED) is 0.887. The van der Waals surface area contributed by atoms with E-state index in [1.165, 1.54) is 0 Å². The van der Waals surface area contributed by atoms with E-state index < -0.39 is 11.9 Å². The van der Waals surface area contributed by atoms with Gasteiger partial charge >= 0.3 is 12.0 Å². The van der Waals surface area contributed by atoms with Crippen LogP contribution in [0.3, 0.4) is 0 Å². The number of urea groups is 1. The van der Waals surface area contributed by atoms with Gasteiger partial charge in [-0.2, -0.15) is 0 Å². The normalized spacial score (nSPS) is 21.8. The Labute approximate surface area is 126 Å². The fourth-order valence-corrected chi connectivity index (χ4v) is 2.90. The number of nitrogens with zero attached hydrogens (tertiary/aromatic N) is 1. The van der Waals surface area contributed by atoms with Gasteiger partial charge in [-0.3, -0.25) is 4.79 Å². The zero-order chi connectivity index (χ0) is 14.7. The van der Waals surface area contributed by atoms with Crippen LogP contribution in [0.25, 0.3) is 0 Å². The lowest BCUT2D eigenvalue weighted by atomic mass is 10.0. The van der Waals surface area contributed by atoms with Crippen molar-refractivity contribution < 1.29 is 14.7 Å². The molecule has 1 saturated heterocycles. The van der Waals surface area contributed by atoms with E-state index in [0.29, 0.717) is 19.5 Å². The van der Waals surface area contributed by atoms with Crippen molar-refractivity contribution in [1.82, 2.24) is 10.2 Å². The molecule has 2 rings (SSSR count). The molecular formula is C14H17BrN2O3. The summed E-state index contributed by atoms with van der Waals surface area (Å²) in [6, 6.07) is 7.18. The maximum Gasteiger partial charge on any atom is 0.317 e. The molecule has 1 aliphatic heterocycles. The molecule has 1 fully saturated rings. The van der Waals surface area contributed by atoms with Gasteiger partial charge in [0.1, 0.15) is 0 Å².